The van der Waals surface area contributed by atoms with E-state index in [1.807, 2.05) is 7.05 Å². The lowest BCUT2D eigenvalue weighted by Crippen LogP contribution is -2.43. The van der Waals surface area contributed by atoms with Crippen molar-refractivity contribution in [3.05, 3.63) is 18.2 Å². The Morgan fingerprint density at radius 1 is 1.22 bits per heavy atom. The van der Waals surface area contributed by atoms with Crippen LogP contribution in [0.5, 0.6) is 11.5 Å². The van der Waals surface area contributed by atoms with E-state index in [0.717, 1.165) is 19.4 Å². The number of piperidine rings is 1. The Morgan fingerprint density at radius 3 is 2.44 bits per heavy atom. The number of hydrogen-bond donors (Lipinski definition) is 0. The van der Waals surface area contributed by atoms with E-state index in [9.17, 15) is 13.2 Å². The summed E-state index contributed by atoms with van der Waals surface area (Å²) in [6.07, 6.45) is 3.07. The minimum Gasteiger partial charge on any atom is -0.497 e. The second kappa shape index (κ2) is 9.41. The minimum absolute atomic E-state index is 0.0918. The highest BCUT2D eigenvalue weighted by Gasteiger charge is 2.34. The van der Waals surface area contributed by atoms with E-state index in [4.69, 9.17) is 9.47 Å². The van der Waals surface area contributed by atoms with E-state index in [0.29, 0.717) is 31.7 Å². The molecule has 0 unspecified atom stereocenters. The molecule has 2 rings (SSSR count). The fourth-order valence-electron chi connectivity index (χ4n) is 3.28. The molecule has 1 aromatic carbocycles. The van der Waals surface area contributed by atoms with Crippen LogP contribution in [0.2, 0.25) is 0 Å². The second-order valence-electron chi connectivity index (χ2n) is 6.81. The predicted molar refractivity (Wildman–Crippen MR) is 104 cm³/mol. The van der Waals surface area contributed by atoms with Gasteiger partial charge in [-0.2, -0.15) is 4.31 Å². The molecule has 27 heavy (non-hydrogen) atoms. The van der Waals surface area contributed by atoms with Gasteiger partial charge in [0, 0.05) is 38.7 Å². The van der Waals surface area contributed by atoms with Gasteiger partial charge in [-0.25, -0.2) is 8.42 Å². The first-order chi connectivity index (χ1) is 12.8. The normalized spacial score (nSPS) is 16.1. The van der Waals surface area contributed by atoms with Crippen LogP contribution in [0, 0.1) is 5.92 Å². The van der Waals surface area contributed by atoms with E-state index >= 15 is 0 Å². The van der Waals surface area contributed by atoms with E-state index in [1.165, 1.54) is 24.6 Å². The van der Waals surface area contributed by atoms with Crippen molar-refractivity contribution >= 4 is 15.9 Å². The van der Waals surface area contributed by atoms with Crippen LogP contribution in [0.1, 0.15) is 32.6 Å². The van der Waals surface area contributed by atoms with Crippen molar-refractivity contribution in [2.24, 2.45) is 5.92 Å². The van der Waals surface area contributed by atoms with Gasteiger partial charge < -0.3 is 14.4 Å². The highest BCUT2D eigenvalue weighted by atomic mass is 32.2. The molecule has 1 saturated heterocycles. The average molecular weight is 399 g/mol. The summed E-state index contributed by atoms with van der Waals surface area (Å²) < 4.78 is 38.0. The lowest BCUT2D eigenvalue weighted by Gasteiger charge is -2.32. The van der Waals surface area contributed by atoms with Gasteiger partial charge in [0.1, 0.15) is 16.4 Å². The molecular formula is C19H30N2O5S. The highest BCUT2D eigenvalue weighted by molar-refractivity contribution is 7.89. The Hall–Kier alpha value is -1.80. The third-order valence-electron chi connectivity index (χ3n) is 5.02. The summed E-state index contributed by atoms with van der Waals surface area (Å²) in [6.45, 7) is 3.48. The first-order valence-electron chi connectivity index (χ1n) is 9.32. The summed E-state index contributed by atoms with van der Waals surface area (Å²) in [5, 5.41) is 0. The van der Waals surface area contributed by atoms with E-state index in [2.05, 4.69) is 6.92 Å². The largest absolute Gasteiger partial charge is 0.497 e. The van der Waals surface area contributed by atoms with Crippen LogP contribution in [0.4, 0.5) is 0 Å². The molecule has 7 nitrogen and oxygen atoms in total. The van der Waals surface area contributed by atoms with Crippen LogP contribution in [-0.2, 0) is 14.8 Å². The third kappa shape index (κ3) is 4.93. The fourth-order valence-corrected chi connectivity index (χ4v) is 4.93. The number of amides is 1. The van der Waals surface area contributed by atoms with Gasteiger partial charge in [0.2, 0.25) is 15.9 Å². The van der Waals surface area contributed by atoms with Gasteiger partial charge in [0.15, 0.2) is 0 Å². The number of benzene rings is 1. The molecule has 0 aliphatic carbocycles. The number of methoxy groups -OCH3 is 2. The van der Waals surface area contributed by atoms with Gasteiger partial charge in [-0.15, -0.1) is 0 Å². The minimum atomic E-state index is -3.72. The molecule has 0 aromatic heterocycles. The zero-order chi connectivity index (χ0) is 20.0. The van der Waals surface area contributed by atoms with Crippen molar-refractivity contribution in [3.63, 3.8) is 0 Å². The van der Waals surface area contributed by atoms with Crippen LogP contribution in [0.25, 0.3) is 0 Å². The van der Waals surface area contributed by atoms with E-state index in [1.54, 1.807) is 17.0 Å². The molecule has 1 aromatic rings. The molecule has 1 amide bonds. The molecule has 1 fully saturated rings. The SMILES string of the molecule is CCCCN(C)C(=O)C1CCN(S(=O)(=O)c2cc(OC)ccc2OC)CC1. The van der Waals surface area contributed by atoms with Crippen molar-refractivity contribution in [1.29, 1.82) is 0 Å². The van der Waals surface area contributed by atoms with Crippen LogP contribution < -0.4 is 9.47 Å². The van der Waals surface area contributed by atoms with Crippen LogP contribution in [0.15, 0.2) is 23.1 Å². The van der Waals surface area contributed by atoms with E-state index < -0.39 is 10.0 Å². The number of unbranched alkanes of at least 4 members (excludes halogenated alkanes) is 1. The zero-order valence-electron chi connectivity index (χ0n) is 16.6. The molecule has 0 saturated carbocycles. The Labute approximate surface area is 162 Å². The topological polar surface area (TPSA) is 76.2 Å². The molecular weight excluding hydrogens is 368 g/mol. The molecule has 0 spiro atoms. The number of carbonyl (C=O) groups excluding carboxylic acids is 1. The fraction of sp³-hybridized carbons (Fsp3) is 0.632. The molecule has 0 atom stereocenters. The lowest BCUT2D eigenvalue weighted by molar-refractivity contribution is -0.135. The van der Waals surface area contributed by atoms with Gasteiger partial charge in [-0.3, -0.25) is 4.79 Å². The molecule has 1 aliphatic rings. The Balaban J connectivity index is 2.10. The summed E-state index contributed by atoms with van der Waals surface area (Å²) in [4.78, 5) is 14.4. The Morgan fingerprint density at radius 2 is 1.89 bits per heavy atom. The monoisotopic (exact) mass is 398 g/mol. The maximum absolute atomic E-state index is 13.1. The summed E-state index contributed by atoms with van der Waals surface area (Å²) >= 11 is 0. The van der Waals surface area contributed by atoms with E-state index in [-0.39, 0.29) is 22.5 Å². The predicted octanol–water partition coefficient (Wildman–Crippen LogP) is 2.36. The van der Waals surface area contributed by atoms with Gasteiger partial charge in [-0.1, -0.05) is 13.3 Å². The number of sulfonamides is 1. The van der Waals surface area contributed by atoms with Crippen LogP contribution in [-0.4, -0.2) is 64.4 Å². The highest BCUT2D eigenvalue weighted by Crippen LogP contribution is 2.32. The summed E-state index contributed by atoms with van der Waals surface area (Å²) in [5.41, 5.74) is 0. The smallest absolute Gasteiger partial charge is 0.246 e. The quantitative estimate of drug-likeness (QED) is 0.672. The van der Waals surface area contributed by atoms with Gasteiger partial charge in [0.05, 0.1) is 14.2 Å². The standard InChI is InChI=1S/C19H30N2O5S/c1-5-6-11-20(2)19(22)15-9-12-21(13-10-15)27(23,24)18-14-16(25-3)7-8-17(18)26-4/h7-8,14-15H,5-6,9-13H2,1-4H3. The molecule has 1 aliphatic heterocycles. The molecule has 152 valence electrons. The van der Waals surface area contributed by atoms with Gasteiger partial charge in [-0.05, 0) is 31.4 Å². The third-order valence-corrected chi connectivity index (χ3v) is 6.93. The number of carbonyl (C=O) groups is 1. The van der Waals surface area contributed by atoms with Crippen molar-refractivity contribution in [3.8, 4) is 11.5 Å². The molecule has 0 N–H and O–H groups in total. The number of rotatable bonds is 8. The molecule has 1 heterocycles. The van der Waals surface area contributed by atoms with Crippen molar-refractivity contribution < 1.29 is 22.7 Å². The molecule has 0 radical (unpaired) electrons. The number of hydrogen-bond acceptors (Lipinski definition) is 5. The molecule has 8 heteroatoms. The van der Waals surface area contributed by atoms with Gasteiger partial charge >= 0.3 is 0 Å². The van der Waals surface area contributed by atoms with Crippen molar-refractivity contribution in [1.82, 2.24) is 9.21 Å². The zero-order valence-corrected chi connectivity index (χ0v) is 17.4. The summed E-state index contributed by atoms with van der Waals surface area (Å²) in [7, 11) is 1.04. The van der Waals surface area contributed by atoms with Crippen LogP contribution >= 0.6 is 0 Å². The Kier molecular flexibility index (Phi) is 7.49. The maximum atomic E-state index is 13.1. The first kappa shape index (κ1) is 21.5. The van der Waals surface area contributed by atoms with Crippen molar-refractivity contribution in [2.45, 2.75) is 37.5 Å². The van der Waals surface area contributed by atoms with Crippen LogP contribution in [0.3, 0.4) is 0 Å². The lowest BCUT2D eigenvalue weighted by atomic mass is 9.96. The second-order valence-corrected chi connectivity index (χ2v) is 8.71. The summed E-state index contributed by atoms with van der Waals surface area (Å²) in [6, 6.07) is 4.73. The average Bonchev–Trinajstić information content (AvgIpc) is 2.70. The number of nitrogens with zero attached hydrogens (tertiary/aromatic N) is 2. The van der Waals surface area contributed by atoms with Crippen molar-refractivity contribution in [2.75, 3.05) is 40.9 Å². The summed E-state index contributed by atoms with van der Waals surface area (Å²) in [5.74, 6) is 0.732. The first-order valence-corrected chi connectivity index (χ1v) is 10.8. The maximum Gasteiger partial charge on any atom is 0.246 e. The number of ether oxygens (including phenoxy) is 2. The molecule has 0 bridgehead atoms. The Bertz CT molecular complexity index is 742. The van der Waals surface area contributed by atoms with Gasteiger partial charge in [0.25, 0.3) is 0 Å².